The summed E-state index contributed by atoms with van der Waals surface area (Å²) in [6, 6.07) is 6.47. The van der Waals surface area contributed by atoms with Crippen molar-refractivity contribution >= 4 is 23.5 Å². The third-order valence-corrected chi connectivity index (χ3v) is 3.92. The van der Waals surface area contributed by atoms with Gasteiger partial charge in [0.25, 0.3) is 0 Å². The van der Waals surface area contributed by atoms with Crippen LogP contribution in [0.3, 0.4) is 0 Å². The molecule has 0 aliphatic carbocycles. The van der Waals surface area contributed by atoms with Crippen LogP contribution in [0.5, 0.6) is 5.75 Å². The Morgan fingerprint density at radius 1 is 1.12 bits per heavy atom. The number of halogens is 1. The standard InChI is InChI=1S/C19H25ClO5/c1-2-18(21)24-14-10-6-4-3-5-7-13-17(20)25-16-12-9-8-11-15(16)19(22)23/h2,8-9,11-12,17H,1,3-7,10,13-14H2,(H,22,23). The van der Waals surface area contributed by atoms with E-state index in [2.05, 4.69) is 6.58 Å². The number of ether oxygens (including phenoxy) is 2. The first-order valence-electron chi connectivity index (χ1n) is 8.47. The molecule has 1 N–H and O–H groups in total. The van der Waals surface area contributed by atoms with Crippen molar-refractivity contribution in [3.63, 3.8) is 0 Å². The molecule has 25 heavy (non-hydrogen) atoms. The number of rotatable bonds is 13. The Morgan fingerprint density at radius 3 is 2.44 bits per heavy atom. The van der Waals surface area contributed by atoms with Gasteiger partial charge >= 0.3 is 11.9 Å². The van der Waals surface area contributed by atoms with E-state index < -0.39 is 11.5 Å². The SMILES string of the molecule is C=CC(=O)OCCCCCCCCC(Cl)Oc1ccccc1C(=O)O. The Balaban J connectivity index is 2.10. The van der Waals surface area contributed by atoms with Gasteiger partial charge in [-0.25, -0.2) is 9.59 Å². The average molecular weight is 369 g/mol. The second-order valence-electron chi connectivity index (χ2n) is 5.61. The normalized spacial score (nSPS) is 11.6. The number of carboxylic acid groups (broad SMARTS) is 1. The first-order chi connectivity index (χ1) is 12.0. The quantitative estimate of drug-likeness (QED) is 0.234. The van der Waals surface area contributed by atoms with E-state index in [-0.39, 0.29) is 11.5 Å². The molecule has 0 aliphatic rings. The summed E-state index contributed by atoms with van der Waals surface area (Å²) in [6.45, 7) is 3.77. The van der Waals surface area contributed by atoms with Gasteiger partial charge in [-0.15, -0.1) is 0 Å². The Labute approximate surface area is 153 Å². The molecule has 138 valence electrons. The van der Waals surface area contributed by atoms with Crippen LogP contribution >= 0.6 is 11.6 Å². The van der Waals surface area contributed by atoms with Crippen LogP contribution in [0.4, 0.5) is 0 Å². The van der Waals surface area contributed by atoms with Crippen LogP contribution in [0.25, 0.3) is 0 Å². The highest BCUT2D eigenvalue weighted by atomic mass is 35.5. The average Bonchev–Trinajstić information content (AvgIpc) is 2.60. The van der Waals surface area contributed by atoms with Crippen molar-refractivity contribution in [2.45, 2.75) is 50.5 Å². The van der Waals surface area contributed by atoms with E-state index in [1.807, 2.05) is 0 Å². The minimum absolute atomic E-state index is 0.116. The summed E-state index contributed by atoms with van der Waals surface area (Å²) in [5.74, 6) is -1.11. The molecule has 1 rings (SSSR count). The van der Waals surface area contributed by atoms with Crippen LogP contribution in [0.2, 0.25) is 0 Å². The number of hydrogen-bond donors (Lipinski definition) is 1. The Kier molecular flexibility index (Phi) is 10.4. The van der Waals surface area contributed by atoms with Gasteiger partial charge in [-0.2, -0.15) is 0 Å². The molecule has 0 saturated carbocycles. The van der Waals surface area contributed by atoms with E-state index in [0.29, 0.717) is 18.8 Å². The van der Waals surface area contributed by atoms with Gasteiger partial charge in [-0.3, -0.25) is 0 Å². The third kappa shape index (κ3) is 9.15. The summed E-state index contributed by atoms with van der Waals surface area (Å²) in [6.07, 6.45) is 7.77. The van der Waals surface area contributed by atoms with Crippen molar-refractivity contribution in [3.8, 4) is 5.75 Å². The van der Waals surface area contributed by atoms with Crippen LogP contribution < -0.4 is 4.74 Å². The number of aromatic carboxylic acids is 1. The first kappa shape index (κ1) is 21.0. The van der Waals surface area contributed by atoms with E-state index in [0.717, 1.165) is 38.5 Å². The van der Waals surface area contributed by atoms with Gasteiger partial charge < -0.3 is 14.6 Å². The molecular formula is C19H25ClO5. The van der Waals surface area contributed by atoms with Crippen molar-refractivity contribution in [3.05, 3.63) is 42.5 Å². The third-order valence-electron chi connectivity index (χ3n) is 3.61. The number of carbonyl (C=O) groups is 2. The summed E-state index contributed by atoms with van der Waals surface area (Å²) < 4.78 is 10.4. The van der Waals surface area contributed by atoms with Gasteiger partial charge in [0.05, 0.1) is 6.61 Å². The molecule has 5 nitrogen and oxygen atoms in total. The zero-order chi connectivity index (χ0) is 18.5. The molecule has 0 aromatic heterocycles. The summed E-state index contributed by atoms with van der Waals surface area (Å²) in [5, 5.41) is 9.10. The van der Waals surface area contributed by atoms with Crippen molar-refractivity contribution in [2.75, 3.05) is 6.61 Å². The van der Waals surface area contributed by atoms with Gasteiger partial charge in [0.1, 0.15) is 11.3 Å². The zero-order valence-corrected chi connectivity index (χ0v) is 15.0. The molecule has 1 atom stereocenters. The predicted octanol–water partition coefficient (Wildman–Crippen LogP) is 4.79. The fourth-order valence-electron chi connectivity index (χ4n) is 2.29. The molecule has 0 heterocycles. The molecule has 0 radical (unpaired) electrons. The second-order valence-corrected chi connectivity index (χ2v) is 6.10. The number of carboxylic acids is 1. The lowest BCUT2D eigenvalue weighted by Gasteiger charge is -2.14. The van der Waals surface area contributed by atoms with Crippen LogP contribution in [-0.2, 0) is 9.53 Å². The lowest BCUT2D eigenvalue weighted by atomic mass is 10.1. The van der Waals surface area contributed by atoms with E-state index in [1.165, 1.54) is 12.1 Å². The number of alkyl halides is 1. The van der Waals surface area contributed by atoms with Crippen LogP contribution in [0.15, 0.2) is 36.9 Å². The van der Waals surface area contributed by atoms with Gasteiger partial charge in [-0.05, 0) is 31.4 Å². The molecule has 0 bridgehead atoms. The van der Waals surface area contributed by atoms with Crippen molar-refractivity contribution in [1.82, 2.24) is 0 Å². The van der Waals surface area contributed by atoms with Crippen molar-refractivity contribution < 1.29 is 24.2 Å². The summed E-state index contributed by atoms with van der Waals surface area (Å²) in [4.78, 5) is 22.0. The van der Waals surface area contributed by atoms with Gasteiger partial charge in [-0.1, -0.05) is 56.0 Å². The van der Waals surface area contributed by atoms with Crippen LogP contribution in [0, 0.1) is 0 Å². The van der Waals surface area contributed by atoms with E-state index in [1.54, 1.807) is 18.2 Å². The second kappa shape index (κ2) is 12.4. The van der Waals surface area contributed by atoms with Gasteiger partial charge in [0, 0.05) is 6.08 Å². The molecule has 1 aromatic carbocycles. The van der Waals surface area contributed by atoms with E-state index in [4.69, 9.17) is 26.2 Å². The highest BCUT2D eigenvalue weighted by Gasteiger charge is 2.13. The lowest BCUT2D eigenvalue weighted by Crippen LogP contribution is -2.11. The van der Waals surface area contributed by atoms with Crippen molar-refractivity contribution in [2.24, 2.45) is 0 Å². The molecule has 1 unspecified atom stereocenters. The fourth-order valence-corrected chi connectivity index (χ4v) is 2.54. The molecule has 0 fully saturated rings. The molecule has 0 amide bonds. The lowest BCUT2D eigenvalue weighted by molar-refractivity contribution is -0.137. The molecule has 0 saturated heterocycles. The number of esters is 1. The monoisotopic (exact) mass is 368 g/mol. The predicted molar refractivity (Wildman–Crippen MR) is 97.1 cm³/mol. The van der Waals surface area contributed by atoms with E-state index in [9.17, 15) is 9.59 Å². The molecular weight excluding hydrogens is 344 g/mol. The number of benzene rings is 1. The maximum Gasteiger partial charge on any atom is 0.339 e. The number of unbranched alkanes of at least 4 members (excludes halogenated alkanes) is 5. The number of carbonyl (C=O) groups excluding carboxylic acids is 1. The van der Waals surface area contributed by atoms with Gasteiger partial charge in [0.2, 0.25) is 0 Å². The highest BCUT2D eigenvalue weighted by Crippen LogP contribution is 2.22. The largest absolute Gasteiger partial charge is 0.478 e. The Morgan fingerprint density at radius 2 is 1.76 bits per heavy atom. The minimum atomic E-state index is -1.03. The zero-order valence-electron chi connectivity index (χ0n) is 14.3. The maximum absolute atomic E-state index is 11.1. The number of hydrogen-bond acceptors (Lipinski definition) is 4. The maximum atomic E-state index is 11.1. The Hall–Kier alpha value is -2.01. The minimum Gasteiger partial charge on any atom is -0.478 e. The Bertz CT molecular complexity index is 559. The smallest absolute Gasteiger partial charge is 0.339 e. The summed E-state index contributed by atoms with van der Waals surface area (Å²) in [5.41, 5.74) is -0.427. The highest BCUT2D eigenvalue weighted by molar-refractivity contribution is 6.19. The summed E-state index contributed by atoms with van der Waals surface area (Å²) >= 11 is 6.15. The van der Waals surface area contributed by atoms with Crippen LogP contribution in [-0.4, -0.2) is 29.2 Å². The molecule has 6 heteroatoms. The van der Waals surface area contributed by atoms with Crippen LogP contribution in [0.1, 0.15) is 55.3 Å². The number of para-hydroxylation sites is 1. The van der Waals surface area contributed by atoms with Crippen molar-refractivity contribution in [1.29, 1.82) is 0 Å². The van der Waals surface area contributed by atoms with E-state index >= 15 is 0 Å². The van der Waals surface area contributed by atoms with Gasteiger partial charge in [0.15, 0.2) is 5.56 Å². The molecule has 0 aliphatic heterocycles. The summed E-state index contributed by atoms with van der Waals surface area (Å²) in [7, 11) is 0. The molecule has 0 spiro atoms. The topological polar surface area (TPSA) is 72.8 Å². The first-order valence-corrected chi connectivity index (χ1v) is 8.90. The molecule has 1 aromatic rings. The fraction of sp³-hybridized carbons (Fsp3) is 0.474.